The first-order chi connectivity index (χ1) is 8.52. The standard InChI is InChI=1S/C16H35NO/c1-15(2)10-9-13-18-12-8-6-7-11-17(5)14-16(3)4/h15-16H,6-14H2,1-5H3. The molecule has 0 amide bonds. The lowest BCUT2D eigenvalue weighted by Gasteiger charge is -2.18. The Morgan fingerprint density at radius 2 is 1.50 bits per heavy atom. The van der Waals surface area contributed by atoms with Gasteiger partial charge >= 0.3 is 0 Å². The minimum absolute atomic E-state index is 0.777. The lowest BCUT2D eigenvalue weighted by molar-refractivity contribution is 0.123. The van der Waals surface area contributed by atoms with Gasteiger partial charge in [-0.1, -0.05) is 27.7 Å². The first-order valence-corrected chi connectivity index (χ1v) is 7.78. The maximum Gasteiger partial charge on any atom is 0.0466 e. The predicted octanol–water partition coefficient (Wildman–Crippen LogP) is 4.20. The average molecular weight is 257 g/mol. The number of unbranched alkanes of at least 4 members (excludes halogenated alkanes) is 2. The smallest absolute Gasteiger partial charge is 0.0466 e. The first kappa shape index (κ1) is 17.9. The summed E-state index contributed by atoms with van der Waals surface area (Å²) in [7, 11) is 2.22. The molecule has 110 valence electrons. The number of rotatable bonds is 12. The monoisotopic (exact) mass is 257 g/mol. The molecule has 2 nitrogen and oxygen atoms in total. The van der Waals surface area contributed by atoms with Crippen molar-refractivity contribution in [3.63, 3.8) is 0 Å². The van der Waals surface area contributed by atoms with Crippen molar-refractivity contribution in [2.45, 2.75) is 59.8 Å². The fraction of sp³-hybridized carbons (Fsp3) is 1.00. The topological polar surface area (TPSA) is 12.5 Å². The summed E-state index contributed by atoms with van der Waals surface area (Å²) in [6, 6.07) is 0. The molecule has 0 aliphatic carbocycles. The van der Waals surface area contributed by atoms with Gasteiger partial charge in [0, 0.05) is 19.8 Å². The van der Waals surface area contributed by atoms with E-state index in [0.29, 0.717) is 0 Å². The molecule has 0 radical (unpaired) electrons. The number of ether oxygens (including phenoxy) is 1. The van der Waals surface area contributed by atoms with Crippen molar-refractivity contribution in [1.29, 1.82) is 0 Å². The average Bonchev–Trinajstić information content (AvgIpc) is 2.25. The van der Waals surface area contributed by atoms with Gasteiger partial charge in [-0.15, -0.1) is 0 Å². The Morgan fingerprint density at radius 1 is 0.833 bits per heavy atom. The van der Waals surface area contributed by atoms with Gasteiger partial charge in [-0.05, 0) is 57.5 Å². The molecule has 0 N–H and O–H groups in total. The highest BCUT2D eigenvalue weighted by Crippen LogP contribution is 2.04. The molecule has 0 saturated carbocycles. The fourth-order valence-electron chi connectivity index (χ4n) is 2.17. The Hall–Kier alpha value is -0.0800. The molecule has 0 aromatic carbocycles. The molecule has 0 unspecified atom stereocenters. The minimum atomic E-state index is 0.777. The van der Waals surface area contributed by atoms with E-state index < -0.39 is 0 Å². The van der Waals surface area contributed by atoms with E-state index in [0.717, 1.165) is 25.0 Å². The summed E-state index contributed by atoms with van der Waals surface area (Å²) >= 11 is 0. The van der Waals surface area contributed by atoms with Crippen LogP contribution in [0.2, 0.25) is 0 Å². The molecule has 0 saturated heterocycles. The van der Waals surface area contributed by atoms with Gasteiger partial charge in [-0.3, -0.25) is 0 Å². The first-order valence-electron chi connectivity index (χ1n) is 7.78. The van der Waals surface area contributed by atoms with Crippen LogP contribution in [0, 0.1) is 11.8 Å². The Balaban J connectivity index is 3.11. The van der Waals surface area contributed by atoms with Crippen LogP contribution in [-0.4, -0.2) is 38.3 Å². The largest absolute Gasteiger partial charge is 0.381 e. The van der Waals surface area contributed by atoms with Gasteiger partial charge < -0.3 is 9.64 Å². The Bertz CT molecular complexity index is 168. The van der Waals surface area contributed by atoms with Crippen LogP contribution < -0.4 is 0 Å². The van der Waals surface area contributed by atoms with Gasteiger partial charge in [0.1, 0.15) is 0 Å². The zero-order valence-corrected chi connectivity index (χ0v) is 13.4. The van der Waals surface area contributed by atoms with Crippen molar-refractivity contribution in [1.82, 2.24) is 4.90 Å². The molecule has 0 heterocycles. The van der Waals surface area contributed by atoms with Crippen LogP contribution in [0.1, 0.15) is 59.8 Å². The molecule has 2 heteroatoms. The van der Waals surface area contributed by atoms with Crippen molar-refractivity contribution in [2.75, 3.05) is 33.4 Å². The maximum absolute atomic E-state index is 5.64. The molecule has 0 aliphatic heterocycles. The van der Waals surface area contributed by atoms with E-state index in [1.165, 1.54) is 45.2 Å². The molecule has 0 fully saturated rings. The molecule has 18 heavy (non-hydrogen) atoms. The van der Waals surface area contributed by atoms with Crippen LogP contribution >= 0.6 is 0 Å². The van der Waals surface area contributed by atoms with E-state index in [-0.39, 0.29) is 0 Å². The quantitative estimate of drug-likeness (QED) is 0.486. The van der Waals surface area contributed by atoms with E-state index in [2.05, 4.69) is 39.6 Å². The second-order valence-corrected chi connectivity index (χ2v) is 6.37. The molecule has 0 aromatic rings. The van der Waals surface area contributed by atoms with Crippen molar-refractivity contribution < 1.29 is 4.74 Å². The van der Waals surface area contributed by atoms with Crippen LogP contribution in [0.3, 0.4) is 0 Å². The Morgan fingerprint density at radius 3 is 2.11 bits per heavy atom. The number of hydrogen-bond acceptors (Lipinski definition) is 2. The molecule has 0 bridgehead atoms. The second kappa shape index (κ2) is 12.0. The highest BCUT2D eigenvalue weighted by molar-refractivity contribution is 4.55. The lowest BCUT2D eigenvalue weighted by Crippen LogP contribution is -2.24. The zero-order valence-electron chi connectivity index (χ0n) is 13.4. The van der Waals surface area contributed by atoms with Gasteiger partial charge in [0.2, 0.25) is 0 Å². The summed E-state index contributed by atoms with van der Waals surface area (Å²) in [6.07, 6.45) is 6.33. The van der Waals surface area contributed by atoms with Gasteiger partial charge in [-0.25, -0.2) is 0 Å². The Kier molecular flexibility index (Phi) is 11.9. The highest BCUT2D eigenvalue weighted by Gasteiger charge is 2.01. The van der Waals surface area contributed by atoms with Gasteiger partial charge in [0.15, 0.2) is 0 Å². The van der Waals surface area contributed by atoms with E-state index in [1.54, 1.807) is 0 Å². The van der Waals surface area contributed by atoms with Crippen molar-refractivity contribution >= 4 is 0 Å². The summed E-state index contributed by atoms with van der Waals surface area (Å²) in [5.41, 5.74) is 0. The fourth-order valence-corrected chi connectivity index (χ4v) is 2.17. The number of hydrogen-bond donors (Lipinski definition) is 0. The summed E-state index contributed by atoms with van der Waals surface area (Å²) in [5, 5.41) is 0. The minimum Gasteiger partial charge on any atom is -0.381 e. The molecule has 0 aromatic heterocycles. The maximum atomic E-state index is 5.64. The lowest BCUT2D eigenvalue weighted by atomic mass is 10.1. The summed E-state index contributed by atoms with van der Waals surface area (Å²) in [4.78, 5) is 2.44. The zero-order chi connectivity index (χ0) is 13.8. The van der Waals surface area contributed by atoms with Gasteiger partial charge in [-0.2, -0.15) is 0 Å². The predicted molar refractivity (Wildman–Crippen MR) is 81.1 cm³/mol. The highest BCUT2D eigenvalue weighted by atomic mass is 16.5. The van der Waals surface area contributed by atoms with E-state index in [9.17, 15) is 0 Å². The van der Waals surface area contributed by atoms with Crippen molar-refractivity contribution in [2.24, 2.45) is 11.8 Å². The third kappa shape index (κ3) is 14.0. The second-order valence-electron chi connectivity index (χ2n) is 6.37. The van der Waals surface area contributed by atoms with E-state index in [1.807, 2.05) is 0 Å². The summed E-state index contributed by atoms with van der Waals surface area (Å²) in [6.45, 7) is 13.4. The molecular formula is C16H35NO. The molecule has 0 atom stereocenters. The van der Waals surface area contributed by atoms with Crippen LogP contribution in [0.5, 0.6) is 0 Å². The van der Waals surface area contributed by atoms with Crippen molar-refractivity contribution in [3.8, 4) is 0 Å². The van der Waals surface area contributed by atoms with Crippen LogP contribution in [0.25, 0.3) is 0 Å². The van der Waals surface area contributed by atoms with E-state index >= 15 is 0 Å². The molecule has 0 spiro atoms. The summed E-state index contributed by atoms with van der Waals surface area (Å²) < 4.78 is 5.64. The number of nitrogens with zero attached hydrogens (tertiary/aromatic N) is 1. The third-order valence-corrected chi connectivity index (χ3v) is 3.08. The molecule has 0 rings (SSSR count). The van der Waals surface area contributed by atoms with Crippen LogP contribution in [-0.2, 0) is 4.74 Å². The van der Waals surface area contributed by atoms with Crippen molar-refractivity contribution in [3.05, 3.63) is 0 Å². The third-order valence-electron chi connectivity index (χ3n) is 3.08. The molecular weight excluding hydrogens is 222 g/mol. The SMILES string of the molecule is CC(C)CCCOCCCCCN(C)CC(C)C. The van der Waals surface area contributed by atoms with Crippen LogP contribution in [0.4, 0.5) is 0 Å². The Labute approximate surface area is 115 Å². The van der Waals surface area contributed by atoms with Gasteiger partial charge in [0.05, 0.1) is 0 Å². The van der Waals surface area contributed by atoms with Crippen LogP contribution in [0.15, 0.2) is 0 Å². The van der Waals surface area contributed by atoms with Gasteiger partial charge in [0.25, 0.3) is 0 Å². The normalized spacial score (nSPS) is 12.0. The molecule has 0 aliphatic rings. The summed E-state index contributed by atoms with van der Waals surface area (Å²) in [5.74, 6) is 1.59. The van der Waals surface area contributed by atoms with E-state index in [4.69, 9.17) is 4.74 Å².